The zero-order valence-corrected chi connectivity index (χ0v) is 6.63. The third-order valence-electron chi connectivity index (χ3n) is 1.26. The van der Waals surface area contributed by atoms with E-state index in [1.54, 1.807) is 0 Å². The van der Waals surface area contributed by atoms with Crippen molar-refractivity contribution in [2.75, 3.05) is 5.73 Å². The molecule has 5 N–H and O–H groups in total. The van der Waals surface area contributed by atoms with Crippen LogP contribution in [-0.4, -0.2) is 25.4 Å². The SMILES string of the molecule is Nc1nc(Cl)c2[nH]cnc2n1.O. The molecule has 2 aromatic rings. The maximum absolute atomic E-state index is 5.70. The Hall–Kier alpha value is -1.40. The Balaban J connectivity index is 0.000000720. The first kappa shape index (κ1) is 8.69. The lowest BCUT2D eigenvalue weighted by Gasteiger charge is -1.92. The van der Waals surface area contributed by atoms with Crippen LogP contribution in [0.4, 0.5) is 5.95 Å². The molecule has 0 radical (unpaired) electrons. The number of fused-ring (bicyclic) bond motifs is 1. The number of H-pyrrole nitrogens is 1. The van der Waals surface area contributed by atoms with Gasteiger partial charge in [0.15, 0.2) is 10.8 Å². The summed E-state index contributed by atoms with van der Waals surface area (Å²) < 4.78 is 0. The van der Waals surface area contributed by atoms with Gasteiger partial charge in [0.05, 0.1) is 6.33 Å². The summed E-state index contributed by atoms with van der Waals surface area (Å²) >= 11 is 5.70. The summed E-state index contributed by atoms with van der Waals surface area (Å²) in [6.45, 7) is 0. The van der Waals surface area contributed by atoms with Crippen LogP contribution in [0.5, 0.6) is 0 Å². The van der Waals surface area contributed by atoms with E-state index in [2.05, 4.69) is 19.9 Å². The lowest BCUT2D eigenvalue weighted by molar-refractivity contribution is 0.824. The minimum absolute atomic E-state index is 0. The van der Waals surface area contributed by atoms with E-state index in [0.717, 1.165) is 0 Å². The second kappa shape index (κ2) is 2.92. The van der Waals surface area contributed by atoms with Crippen LogP contribution < -0.4 is 5.73 Å². The number of hydrogen-bond donors (Lipinski definition) is 2. The largest absolute Gasteiger partial charge is 0.412 e. The molecule has 0 aliphatic heterocycles. The number of nitrogens with one attached hydrogen (secondary N) is 1. The van der Waals surface area contributed by atoms with E-state index in [-0.39, 0.29) is 11.4 Å². The Morgan fingerprint density at radius 2 is 2.17 bits per heavy atom. The van der Waals surface area contributed by atoms with E-state index in [9.17, 15) is 0 Å². The molecule has 7 heteroatoms. The van der Waals surface area contributed by atoms with Gasteiger partial charge in [-0.3, -0.25) is 0 Å². The molecule has 0 aliphatic rings. The zero-order chi connectivity index (χ0) is 7.84. The van der Waals surface area contributed by atoms with E-state index >= 15 is 0 Å². The van der Waals surface area contributed by atoms with Gasteiger partial charge in [0, 0.05) is 0 Å². The van der Waals surface area contributed by atoms with Gasteiger partial charge in [-0.2, -0.15) is 9.97 Å². The van der Waals surface area contributed by atoms with Crippen molar-refractivity contribution < 1.29 is 5.48 Å². The summed E-state index contributed by atoms with van der Waals surface area (Å²) in [5.74, 6) is 0.134. The lowest BCUT2D eigenvalue weighted by Crippen LogP contribution is -1.94. The van der Waals surface area contributed by atoms with Gasteiger partial charge in [-0.05, 0) is 0 Å². The van der Waals surface area contributed by atoms with Crippen molar-refractivity contribution in [2.45, 2.75) is 0 Å². The average Bonchev–Trinajstić information content (AvgIpc) is 2.34. The summed E-state index contributed by atoms with van der Waals surface area (Å²) in [6, 6.07) is 0. The van der Waals surface area contributed by atoms with E-state index in [1.165, 1.54) is 6.33 Å². The third kappa shape index (κ3) is 1.17. The second-order valence-corrected chi connectivity index (χ2v) is 2.33. The second-order valence-electron chi connectivity index (χ2n) is 1.97. The van der Waals surface area contributed by atoms with Crippen LogP contribution >= 0.6 is 11.6 Å². The maximum Gasteiger partial charge on any atom is 0.223 e. The summed E-state index contributed by atoms with van der Waals surface area (Å²) in [5.41, 5.74) is 6.42. The van der Waals surface area contributed by atoms with E-state index in [4.69, 9.17) is 17.3 Å². The smallest absolute Gasteiger partial charge is 0.223 e. The van der Waals surface area contributed by atoms with Crippen LogP contribution in [0.25, 0.3) is 11.2 Å². The molecule has 0 unspecified atom stereocenters. The highest BCUT2D eigenvalue weighted by Crippen LogP contribution is 2.16. The van der Waals surface area contributed by atoms with Crippen molar-refractivity contribution >= 4 is 28.7 Å². The molecule has 12 heavy (non-hydrogen) atoms. The number of nitrogens with zero attached hydrogens (tertiary/aromatic N) is 3. The number of imidazole rings is 1. The van der Waals surface area contributed by atoms with Crippen LogP contribution in [0, 0.1) is 0 Å². The Kier molecular flexibility index (Phi) is 2.11. The van der Waals surface area contributed by atoms with Crippen molar-refractivity contribution in [3.05, 3.63) is 11.5 Å². The van der Waals surface area contributed by atoms with Crippen LogP contribution in [0.1, 0.15) is 0 Å². The summed E-state index contributed by atoms with van der Waals surface area (Å²) in [7, 11) is 0. The first-order chi connectivity index (χ1) is 5.27. The van der Waals surface area contributed by atoms with Crippen LogP contribution in [-0.2, 0) is 0 Å². The van der Waals surface area contributed by atoms with Crippen molar-refractivity contribution in [1.82, 2.24) is 19.9 Å². The van der Waals surface area contributed by atoms with Crippen molar-refractivity contribution in [3.63, 3.8) is 0 Å². The molecule has 0 fully saturated rings. The Bertz CT molecular complexity index is 400. The summed E-state index contributed by atoms with van der Waals surface area (Å²) in [4.78, 5) is 14.2. The molecule has 2 aromatic heterocycles. The molecule has 0 aliphatic carbocycles. The third-order valence-corrected chi connectivity index (χ3v) is 1.53. The topological polar surface area (TPSA) is 112 Å². The molecule has 64 valence electrons. The predicted molar refractivity (Wildman–Crippen MR) is 44.7 cm³/mol. The van der Waals surface area contributed by atoms with Gasteiger partial charge in [0.1, 0.15) is 5.52 Å². The standard InChI is InChI=1S/C5H4ClN5.H2O/c6-3-2-4(9-1-8-2)11-5(7)10-3;/h1H,(H3,7,8,9,10,11);1H2. The minimum Gasteiger partial charge on any atom is -0.412 e. The Morgan fingerprint density at radius 3 is 2.92 bits per heavy atom. The number of halogens is 1. The molecule has 0 amide bonds. The van der Waals surface area contributed by atoms with Crippen molar-refractivity contribution in [3.8, 4) is 0 Å². The van der Waals surface area contributed by atoms with Crippen molar-refractivity contribution in [2.24, 2.45) is 0 Å². The van der Waals surface area contributed by atoms with Crippen LogP contribution in [0.3, 0.4) is 0 Å². The number of nitrogens with two attached hydrogens (primary N) is 1. The number of aromatic nitrogens is 4. The Morgan fingerprint density at radius 1 is 1.42 bits per heavy atom. The molecule has 6 nitrogen and oxygen atoms in total. The van der Waals surface area contributed by atoms with E-state index in [0.29, 0.717) is 16.3 Å². The molecule has 0 atom stereocenters. The minimum atomic E-state index is 0. The normalized spacial score (nSPS) is 9.75. The molecule has 2 heterocycles. The fourth-order valence-electron chi connectivity index (χ4n) is 0.814. The fourth-order valence-corrected chi connectivity index (χ4v) is 1.04. The molecule has 0 spiro atoms. The summed E-state index contributed by atoms with van der Waals surface area (Å²) in [6.07, 6.45) is 1.49. The van der Waals surface area contributed by atoms with Gasteiger partial charge < -0.3 is 16.2 Å². The first-order valence-corrected chi connectivity index (χ1v) is 3.27. The molecular weight excluding hydrogens is 182 g/mol. The van der Waals surface area contributed by atoms with Gasteiger partial charge in [-0.1, -0.05) is 11.6 Å². The summed E-state index contributed by atoms with van der Waals surface area (Å²) in [5, 5.41) is 0.296. The van der Waals surface area contributed by atoms with E-state index < -0.39 is 0 Å². The molecule has 0 bridgehead atoms. The van der Waals surface area contributed by atoms with Crippen LogP contribution in [0.15, 0.2) is 6.33 Å². The molecule has 0 saturated carbocycles. The molecular formula is C5H6ClN5O. The van der Waals surface area contributed by atoms with Gasteiger partial charge in [0.2, 0.25) is 5.95 Å². The van der Waals surface area contributed by atoms with E-state index in [1.807, 2.05) is 0 Å². The number of aromatic amines is 1. The highest BCUT2D eigenvalue weighted by Gasteiger charge is 2.04. The molecule has 2 rings (SSSR count). The first-order valence-electron chi connectivity index (χ1n) is 2.89. The molecule has 0 aromatic carbocycles. The number of rotatable bonds is 0. The van der Waals surface area contributed by atoms with Gasteiger partial charge in [0.25, 0.3) is 0 Å². The quantitative estimate of drug-likeness (QED) is 0.555. The lowest BCUT2D eigenvalue weighted by atomic mass is 10.6. The average molecular weight is 188 g/mol. The highest BCUT2D eigenvalue weighted by molar-refractivity contribution is 6.33. The zero-order valence-electron chi connectivity index (χ0n) is 5.87. The predicted octanol–water partition coefficient (Wildman–Crippen LogP) is -0.236. The Labute approximate surface area is 72.1 Å². The maximum atomic E-state index is 5.70. The number of hydrogen-bond acceptors (Lipinski definition) is 4. The van der Waals surface area contributed by atoms with Crippen molar-refractivity contribution in [1.29, 1.82) is 0 Å². The number of nitrogen functional groups attached to an aromatic ring is 1. The molecule has 0 saturated heterocycles. The number of anilines is 1. The van der Waals surface area contributed by atoms with Crippen LogP contribution in [0.2, 0.25) is 5.15 Å². The highest BCUT2D eigenvalue weighted by atomic mass is 35.5. The monoisotopic (exact) mass is 187 g/mol. The van der Waals surface area contributed by atoms with Gasteiger partial charge in [-0.25, -0.2) is 4.98 Å². The fraction of sp³-hybridized carbons (Fsp3) is 0. The van der Waals surface area contributed by atoms with Gasteiger partial charge >= 0.3 is 0 Å². The van der Waals surface area contributed by atoms with Gasteiger partial charge in [-0.15, -0.1) is 0 Å².